The Balaban J connectivity index is 1.54. The quantitative estimate of drug-likeness (QED) is 0.757. The molecule has 2 fully saturated rings. The molecule has 0 aromatic heterocycles. The lowest BCUT2D eigenvalue weighted by atomic mass is 10.1. The summed E-state index contributed by atoms with van der Waals surface area (Å²) in [5.41, 5.74) is 0. The molecule has 2 aromatic rings. The van der Waals surface area contributed by atoms with Crippen LogP contribution in [0.15, 0.2) is 36.4 Å². The normalized spacial score (nSPS) is 23.6. The molecule has 2 heterocycles. The van der Waals surface area contributed by atoms with Crippen LogP contribution in [0.2, 0.25) is 0 Å². The number of benzene rings is 2. The van der Waals surface area contributed by atoms with E-state index in [4.69, 9.17) is 18.9 Å². The monoisotopic (exact) mass is 272 g/mol. The van der Waals surface area contributed by atoms with Gasteiger partial charge in [0.2, 0.25) is 0 Å². The van der Waals surface area contributed by atoms with Crippen molar-refractivity contribution in [2.75, 3.05) is 26.4 Å². The Morgan fingerprint density at radius 2 is 1.70 bits per heavy atom. The van der Waals surface area contributed by atoms with Gasteiger partial charge in [-0.05, 0) is 29.7 Å². The Morgan fingerprint density at radius 3 is 2.45 bits per heavy atom. The Labute approximate surface area is 117 Å². The first-order chi connectivity index (χ1) is 9.88. The van der Waals surface area contributed by atoms with Crippen LogP contribution in [0.5, 0.6) is 11.5 Å². The summed E-state index contributed by atoms with van der Waals surface area (Å²) in [6.45, 7) is 2.87. The van der Waals surface area contributed by atoms with Gasteiger partial charge in [-0.25, -0.2) is 0 Å². The molecule has 1 unspecified atom stereocenters. The van der Waals surface area contributed by atoms with Gasteiger partial charge >= 0.3 is 0 Å². The summed E-state index contributed by atoms with van der Waals surface area (Å²) in [5.74, 6) is 1.77. The standard InChI is InChI=1S/C16H16O4/c1-2-11-6-12(17-7-13-8-18-13)4-5-15(11)16(3-1)20-10-14-9-19-14/h1-6,13-14H,7-10H2/t13-,14?/m0/s1. The van der Waals surface area contributed by atoms with Gasteiger partial charge in [0.15, 0.2) is 0 Å². The van der Waals surface area contributed by atoms with Crippen molar-refractivity contribution in [2.24, 2.45) is 0 Å². The van der Waals surface area contributed by atoms with Crippen molar-refractivity contribution in [1.29, 1.82) is 0 Å². The zero-order valence-corrected chi connectivity index (χ0v) is 11.1. The summed E-state index contributed by atoms with van der Waals surface area (Å²) in [5, 5.41) is 2.22. The predicted octanol–water partition coefficient (Wildman–Crippen LogP) is 2.40. The summed E-state index contributed by atoms with van der Waals surface area (Å²) < 4.78 is 21.8. The average Bonchev–Trinajstić information content (AvgIpc) is 3.37. The first-order valence-corrected chi connectivity index (χ1v) is 6.90. The molecule has 20 heavy (non-hydrogen) atoms. The number of epoxide rings is 2. The maximum absolute atomic E-state index is 5.81. The Kier molecular flexibility index (Phi) is 2.98. The molecule has 2 aromatic carbocycles. The fourth-order valence-corrected chi connectivity index (χ4v) is 2.15. The van der Waals surface area contributed by atoms with Crippen molar-refractivity contribution in [3.05, 3.63) is 36.4 Å². The third-order valence-corrected chi connectivity index (χ3v) is 3.48. The van der Waals surface area contributed by atoms with Crippen LogP contribution in [0.4, 0.5) is 0 Å². The van der Waals surface area contributed by atoms with E-state index in [0.717, 1.165) is 35.5 Å². The Morgan fingerprint density at radius 1 is 0.950 bits per heavy atom. The molecule has 0 N–H and O–H groups in total. The van der Waals surface area contributed by atoms with Gasteiger partial charge in [-0.2, -0.15) is 0 Å². The molecule has 2 saturated heterocycles. The van der Waals surface area contributed by atoms with E-state index >= 15 is 0 Å². The van der Waals surface area contributed by atoms with Crippen LogP contribution in [0.1, 0.15) is 0 Å². The van der Waals surface area contributed by atoms with Crippen molar-refractivity contribution < 1.29 is 18.9 Å². The minimum atomic E-state index is 0.270. The summed E-state index contributed by atoms with van der Waals surface area (Å²) in [6, 6.07) is 12.1. The van der Waals surface area contributed by atoms with Gasteiger partial charge in [-0.3, -0.25) is 0 Å². The van der Waals surface area contributed by atoms with E-state index in [9.17, 15) is 0 Å². The highest BCUT2D eigenvalue weighted by Crippen LogP contribution is 2.29. The van der Waals surface area contributed by atoms with Crippen LogP contribution >= 0.6 is 0 Å². The third kappa shape index (κ3) is 2.71. The zero-order valence-electron chi connectivity index (χ0n) is 11.1. The van der Waals surface area contributed by atoms with Gasteiger partial charge in [0, 0.05) is 5.39 Å². The molecule has 104 valence electrons. The smallest absolute Gasteiger partial charge is 0.127 e. The number of fused-ring (bicyclic) bond motifs is 1. The van der Waals surface area contributed by atoms with Crippen LogP contribution in [0.25, 0.3) is 10.8 Å². The Hall–Kier alpha value is -1.78. The van der Waals surface area contributed by atoms with Gasteiger partial charge in [0.1, 0.15) is 36.9 Å². The minimum Gasteiger partial charge on any atom is -0.491 e. The average molecular weight is 272 g/mol. The highest BCUT2D eigenvalue weighted by atomic mass is 16.6. The Bertz CT molecular complexity index is 617. The topological polar surface area (TPSA) is 43.5 Å². The zero-order chi connectivity index (χ0) is 13.4. The largest absolute Gasteiger partial charge is 0.491 e. The van der Waals surface area contributed by atoms with Crippen LogP contribution < -0.4 is 9.47 Å². The van der Waals surface area contributed by atoms with Crippen molar-refractivity contribution in [2.45, 2.75) is 12.2 Å². The number of rotatable bonds is 6. The molecule has 4 nitrogen and oxygen atoms in total. The lowest BCUT2D eigenvalue weighted by molar-refractivity contribution is 0.263. The maximum atomic E-state index is 5.81. The van der Waals surface area contributed by atoms with Gasteiger partial charge in [0.25, 0.3) is 0 Å². The summed E-state index contributed by atoms with van der Waals surface area (Å²) >= 11 is 0. The first kappa shape index (κ1) is 12.0. The molecule has 0 amide bonds. The number of hydrogen-bond donors (Lipinski definition) is 0. The summed E-state index contributed by atoms with van der Waals surface area (Å²) in [4.78, 5) is 0. The predicted molar refractivity (Wildman–Crippen MR) is 74.4 cm³/mol. The molecule has 0 spiro atoms. The molecule has 2 aliphatic heterocycles. The second-order valence-electron chi connectivity index (χ2n) is 5.17. The molecular weight excluding hydrogens is 256 g/mol. The molecule has 0 bridgehead atoms. The highest BCUT2D eigenvalue weighted by molar-refractivity contribution is 5.89. The molecule has 0 saturated carbocycles. The van der Waals surface area contributed by atoms with Crippen LogP contribution in [0.3, 0.4) is 0 Å². The van der Waals surface area contributed by atoms with E-state index in [2.05, 4.69) is 6.07 Å². The van der Waals surface area contributed by atoms with E-state index < -0.39 is 0 Å². The second kappa shape index (κ2) is 4.96. The molecule has 2 atom stereocenters. The fraction of sp³-hybridized carbons (Fsp3) is 0.375. The molecule has 2 aliphatic rings. The second-order valence-corrected chi connectivity index (χ2v) is 5.17. The third-order valence-electron chi connectivity index (χ3n) is 3.48. The molecule has 0 radical (unpaired) electrons. The van der Waals surface area contributed by atoms with Crippen LogP contribution in [0, 0.1) is 0 Å². The van der Waals surface area contributed by atoms with Crippen LogP contribution in [-0.4, -0.2) is 38.6 Å². The number of ether oxygens (including phenoxy) is 4. The van der Waals surface area contributed by atoms with Crippen molar-refractivity contribution in [3.8, 4) is 11.5 Å². The lowest BCUT2D eigenvalue weighted by Gasteiger charge is -2.10. The fourth-order valence-electron chi connectivity index (χ4n) is 2.15. The van der Waals surface area contributed by atoms with E-state index in [1.54, 1.807) is 0 Å². The van der Waals surface area contributed by atoms with Gasteiger partial charge in [-0.15, -0.1) is 0 Å². The van der Waals surface area contributed by atoms with Crippen molar-refractivity contribution >= 4 is 10.8 Å². The van der Waals surface area contributed by atoms with Gasteiger partial charge in [0.05, 0.1) is 13.2 Å². The van der Waals surface area contributed by atoms with E-state index in [0.29, 0.717) is 13.2 Å². The summed E-state index contributed by atoms with van der Waals surface area (Å²) in [7, 11) is 0. The summed E-state index contributed by atoms with van der Waals surface area (Å²) in [6.07, 6.45) is 0.547. The molecule has 0 aliphatic carbocycles. The molecule has 4 heteroatoms. The van der Waals surface area contributed by atoms with Crippen molar-refractivity contribution in [1.82, 2.24) is 0 Å². The minimum absolute atomic E-state index is 0.270. The molecular formula is C16H16O4. The van der Waals surface area contributed by atoms with E-state index in [1.807, 2.05) is 30.3 Å². The van der Waals surface area contributed by atoms with E-state index in [1.165, 1.54) is 0 Å². The molecule has 4 rings (SSSR count). The van der Waals surface area contributed by atoms with Gasteiger partial charge < -0.3 is 18.9 Å². The van der Waals surface area contributed by atoms with E-state index in [-0.39, 0.29) is 12.2 Å². The van der Waals surface area contributed by atoms with Crippen molar-refractivity contribution in [3.63, 3.8) is 0 Å². The lowest BCUT2D eigenvalue weighted by Crippen LogP contribution is -2.05. The SMILES string of the molecule is c1cc(OCC2CO2)c2ccc(OC[C@H]3CO3)cc2c1. The van der Waals surface area contributed by atoms with Gasteiger partial charge in [-0.1, -0.05) is 12.1 Å². The maximum Gasteiger partial charge on any atom is 0.127 e. The first-order valence-electron chi connectivity index (χ1n) is 6.90. The van der Waals surface area contributed by atoms with Crippen LogP contribution in [-0.2, 0) is 9.47 Å². The number of hydrogen-bond acceptors (Lipinski definition) is 4. The highest BCUT2D eigenvalue weighted by Gasteiger charge is 2.24.